The maximum absolute atomic E-state index is 12.1. The van der Waals surface area contributed by atoms with Crippen molar-refractivity contribution in [3.05, 3.63) is 62.7 Å². The van der Waals surface area contributed by atoms with Crippen LogP contribution >= 0.6 is 0 Å². The van der Waals surface area contributed by atoms with E-state index >= 15 is 0 Å². The third-order valence-corrected chi connectivity index (χ3v) is 3.84. The molecule has 8 heteroatoms. The molecule has 0 bridgehead atoms. The number of nitrogens with zero attached hydrogens (tertiary/aromatic N) is 1. The number of rotatable bonds is 5. The smallest absolute Gasteiger partial charge is 0.292 e. The fourth-order valence-electron chi connectivity index (χ4n) is 2.67. The van der Waals surface area contributed by atoms with Gasteiger partial charge in [0.2, 0.25) is 5.91 Å². The summed E-state index contributed by atoms with van der Waals surface area (Å²) in [4.78, 5) is 34.4. The highest BCUT2D eigenvalue weighted by atomic mass is 16.6. The molecule has 2 rings (SSSR count). The average molecular weight is 356 g/mol. The molecule has 8 nitrogen and oxygen atoms in total. The summed E-state index contributed by atoms with van der Waals surface area (Å²) in [5.74, 6) is -0.987. The van der Waals surface area contributed by atoms with Crippen molar-refractivity contribution >= 4 is 28.9 Å². The molecule has 0 saturated carbocycles. The Morgan fingerprint density at radius 1 is 1.12 bits per heavy atom. The van der Waals surface area contributed by atoms with Gasteiger partial charge in [0.05, 0.1) is 11.5 Å². The van der Waals surface area contributed by atoms with Crippen LogP contribution in [-0.2, 0) is 4.79 Å². The van der Waals surface area contributed by atoms with E-state index in [1.165, 1.54) is 12.1 Å². The normalized spacial score (nSPS) is 10.3. The zero-order valence-corrected chi connectivity index (χ0v) is 14.8. The Hall–Kier alpha value is -3.42. The Bertz CT molecular complexity index is 870. The molecule has 2 aromatic rings. The van der Waals surface area contributed by atoms with Gasteiger partial charge in [-0.15, -0.1) is 0 Å². The lowest BCUT2D eigenvalue weighted by molar-refractivity contribution is -0.383. The zero-order valence-electron chi connectivity index (χ0n) is 14.8. The molecule has 0 fully saturated rings. The number of amides is 2. The summed E-state index contributed by atoms with van der Waals surface area (Å²) in [7, 11) is 0. The van der Waals surface area contributed by atoms with Crippen molar-refractivity contribution in [2.24, 2.45) is 0 Å². The van der Waals surface area contributed by atoms with Crippen LogP contribution in [0.25, 0.3) is 0 Å². The van der Waals surface area contributed by atoms with E-state index in [9.17, 15) is 19.7 Å². The Balaban J connectivity index is 2.03. The molecular formula is C18H20N4O4. The van der Waals surface area contributed by atoms with E-state index in [4.69, 9.17) is 5.73 Å². The van der Waals surface area contributed by atoms with Gasteiger partial charge in [0, 0.05) is 17.3 Å². The first-order valence-electron chi connectivity index (χ1n) is 7.89. The summed E-state index contributed by atoms with van der Waals surface area (Å²) in [6.45, 7) is 5.49. The van der Waals surface area contributed by atoms with Gasteiger partial charge in [-0.05, 0) is 44.0 Å². The second kappa shape index (κ2) is 7.64. The summed E-state index contributed by atoms with van der Waals surface area (Å²) in [5, 5.41) is 16.1. The number of anilines is 2. The number of nitro groups is 1. The summed E-state index contributed by atoms with van der Waals surface area (Å²) < 4.78 is 0. The number of nitrogens with one attached hydrogen (secondary N) is 2. The molecule has 0 aliphatic rings. The standard InChI is InChI=1S/C18H20N4O4/c1-10-6-11(2)17(12(3)7-10)21-16(23)9-20-18(24)13-4-5-14(19)15(8-13)22(25)26/h4-8H,9,19H2,1-3H3,(H,20,24)(H,21,23). The highest BCUT2D eigenvalue weighted by molar-refractivity contribution is 6.00. The van der Waals surface area contributed by atoms with Crippen LogP contribution in [0.4, 0.5) is 17.1 Å². The lowest BCUT2D eigenvalue weighted by Gasteiger charge is -2.13. The van der Waals surface area contributed by atoms with E-state index in [-0.39, 0.29) is 23.5 Å². The second-order valence-electron chi connectivity index (χ2n) is 6.04. The number of benzene rings is 2. The summed E-state index contributed by atoms with van der Waals surface area (Å²) in [5.41, 5.74) is 8.82. The molecule has 2 amide bonds. The molecule has 0 spiro atoms. The van der Waals surface area contributed by atoms with Crippen molar-refractivity contribution in [2.45, 2.75) is 20.8 Å². The van der Waals surface area contributed by atoms with Crippen LogP contribution in [-0.4, -0.2) is 23.3 Å². The van der Waals surface area contributed by atoms with Crippen molar-refractivity contribution in [3.8, 4) is 0 Å². The Labute approximate surface area is 150 Å². The molecule has 0 aliphatic heterocycles. The molecule has 0 aliphatic carbocycles. The molecule has 0 unspecified atom stereocenters. The SMILES string of the molecule is Cc1cc(C)c(NC(=O)CNC(=O)c2ccc(N)c([N+](=O)[O-])c2)c(C)c1. The van der Waals surface area contributed by atoms with Crippen LogP contribution in [0, 0.1) is 30.9 Å². The van der Waals surface area contributed by atoms with Crippen molar-refractivity contribution in [1.82, 2.24) is 5.32 Å². The van der Waals surface area contributed by atoms with E-state index in [0.29, 0.717) is 5.69 Å². The average Bonchev–Trinajstić information content (AvgIpc) is 2.56. The van der Waals surface area contributed by atoms with E-state index in [1.54, 1.807) is 0 Å². The van der Waals surface area contributed by atoms with Gasteiger partial charge < -0.3 is 16.4 Å². The van der Waals surface area contributed by atoms with Crippen LogP contribution in [0.15, 0.2) is 30.3 Å². The fourth-order valence-corrected chi connectivity index (χ4v) is 2.67. The van der Waals surface area contributed by atoms with Crippen LogP contribution in [0.5, 0.6) is 0 Å². The zero-order chi connectivity index (χ0) is 19.4. The third-order valence-electron chi connectivity index (χ3n) is 3.84. The minimum absolute atomic E-state index is 0.0328. The Morgan fingerprint density at radius 2 is 1.73 bits per heavy atom. The van der Waals surface area contributed by atoms with Gasteiger partial charge in [0.25, 0.3) is 11.6 Å². The molecule has 0 heterocycles. The second-order valence-corrected chi connectivity index (χ2v) is 6.04. The van der Waals surface area contributed by atoms with Crippen molar-refractivity contribution in [3.63, 3.8) is 0 Å². The number of carbonyl (C=O) groups excluding carboxylic acids is 2. The fraction of sp³-hybridized carbons (Fsp3) is 0.222. The number of hydrogen-bond donors (Lipinski definition) is 3. The minimum atomic E-state index is -0.665. The first-order valence-corrected chi connectivity index (χ1v) is 7.89. The third kappa shape index (κ3) is 4.35. The first-order chi connectivity index (χ1) is 12.2. The number of aryl methyl sites for hydroxylation is 3. The van der Waals surface area contributed by atoms with E-state index in [2.05, 4.69) is 10.6 Å². The predicted octanol–water partition coefficient (Wildman–Crippen LogP) is 2.47. The number of nitrogens with two attached hydrogens (primary N) is 1. The van der Waals surface area contributed by atoms with Gasteiger partial charge in [-0.25, -0.2) is 0 Å². The maximum Gasteiger partial charge on any atom is 0.292 e. The maximum atomic E-state index is 12.1. The molecule has 0 radical (unpaired) electrons. The van der Waals surface area contributed by atoms with Gasteiger partial charge in [-0.1, -0.05) is 17.7 Å². The van der Waals surface area contributed by atoms with Crippen LogP contribution < -0.4 is 16.4 Å². The lowest BCUT2D eigenvalue weighted by Crippen LogP contribution is -2.33. The van der Waals surface area contributed by atoms with E-state index in [1.807, 2.05) is 32.9 Å². The molecule has 136 valence electrons. The van der Waals surface area contributed by atoms with Crippen LogP contribution in [0.3, 0.4) is 0 Å². The Kier molecular flexibility index (Phi) is 5.56. The molecule has 0 saturated heterocycles. The highest BCUT2D eigenvalue weighted by Gasteiger charge is 2.16. The first kappa shape index (κ1) is 18.9. The molecule has 2 aromatic carbocycles. The van der Waals surface area contributed by atoms with Gasteiger partial charge in [0.15, 0.2) is 0 Å². The van der Waals surface area contributed by atoms with E-state index < -0.39 is 16.7 Å². The topological polar surface area (TPSA) is 127 Å². The molecule has 0 atom stereocenters. The monoisotopic (exact) mass is 356 g/mol. The van der Waals surface area contributed by atoms with Crippen molar-refractivity contribution in [1.29, 1.82) is 0 Å². The highest BCUT2D eigenvalue weighted by Crippen LogP contribution is 2.23. The lowest BCUT2D eigenvalue weighted by atomic mass is 10.1. The number of nitrogen functional groups attached to an aromatic ring is 1. The van der Waals surface area contributed by atoms with Gasteiger partial charge in [0.1, 0.15) is 5.69 Å². The van der Waals surface area contributed by atoms with Gasteiger partial charge >= 0.3 is 0 Å². The molecule has 4 N–H and O–H groups in total. The molecule has 0 aromatic heterocycles. The number of carbonyl (C=O) groups is 2. The quantitative estimate of drug-likeness (QED) is 0.431. The van der Waals surface area contributed by atoms with Crippen LogP contribution in [0.1, 0.15) is 27.0 Å². The largest absolute Gasteiger partial charge is 0.393 e. The van der Waals surface area contributed by atoms with Gasteiger partial charge in [-0.2, -0.15) is 0 Å². The number of nitro benzene ring substituents is 1. The Morgan fingerprint density at radius 3 is 2.31 bits per heavy atom. The number of hydrogen-bond acceptors (Lipinski definition) is 5. The minimum Gasteiger partial charge on any atom is -0.393 e. The summed E-state index contributed by atoms with van der Waals surface area (Å²) >= 11 is 0. The van der Waals surface area contributed by atoms with Crippen molar-refractivity contribution < 1.29 is 14.5 Å². The van der Waals surface area contributed by atoms with Gasteiger partial charge in [-0.3, -0.25) is 19.7 Å². The predicted molar refractivity (Wildman–Crippen MR) is 99.1 cm³/mol. The van der Waals surface area contributed by atoms with E-state index in [0.717, 1.165) is 22.8 Å². The summed E-state index contributed by atoms with van der Waals surface area (Å²) in [6, 6.07) is 7.64. The molecule has 26 heavy (non-hydrogen) atoms. The van der Waals surface area contributed by atoms with Crippen molar-refractivity contribution in [2.75, 3.05) is 17.6 Å². The van der Waals surface area contributed by atoms with Crippen LogP contribution in [0.2, 0.25) is 0 Å². The summed E-state index contributed by atoms with van der Waals surface area (Å²) in [6.07, 6.45) is 0. The molecular weight excluding hydrogens is 336 g/mol.